The molecule has 5 nitrogen and oxygen atoms in total. The van der Waals surface area contributed by atoms with Gasteiger partial charge in [-0.05, 0) is 37.5 Å². The molecule has 0 fully saturated rings. The van der Waals surface area contributed by atoms with Crippen molar-refractivity contribution in [2.24, 2.45) is 4.99 Å². The number of benzene rings is 2. The Kier molecular flexibility index (Phi) is 6.25. The molecule has 3 rings (SSSR count). The van der Waals surface area contributed by atoms with E-state index in [0.29, 0.717) is 0 Å². The highest BCUT2D eigenvalue weighted by Gasteiger charge is 2.06. The van der Waals surface area contributed by atoms with Crippen molar-refractivity contribution in [3.8, 4) is 0 Å². The van der Waals surface area contributed by atoms with Crippen LogP contribution in [0.25, 0.3) is 11.0 Å². The second kappa shape index (κ2) is 9.04. The number of hydrogen-bond acceptors (Lipinski definition) is 2. The first kappa shape index (κ1) is 18.0. The van der Waals surface area contributed by atoms with Crippen LogP contribution in [0.15, 0.2) is 59.6 Å². The summed E-state index contributed by atoms with van der Waals surface area (Å²) >= 11 is 0. The fourth-order valence-corrected chi connectivity index (χ4v) is 3.11. The molecule has 136 valence electrons. The van der Waals surface area contributed by atoms with Gasteiger partial charge in [-0.2, -0.15) is 0 Å². The Morgan fingerprint density at radius 3 is 2.54 bits per heavy atom. The van der Waals surface area contributed by atoms with Crippen LogP contribution in [0.5, 0.6) is 0 Å². The van der Waals surface area contributed by atoms with E-state index in [4.69, 9.17) is 0 Å². The van der Waals surface area contributed by atoms with Gasteiger partial charge in [-0.25, -0.2) is 4.98 Å². The average Bonchev–Trinajstić information content (AvgIpc) is 2.99. The molecule has 3 aromatic rings. The Morgan fingerprint density at radius 2 is 1.73 bits per heavy atom. The monoisotopic (exact) mass is 349 g/mol. The number of hydrogen-bond donors (Lipinski definition) is 2. The van der Waals surface area contributed by atoms with Crippen LogP contribution in [0, 0.1) is 6.92 Å². The lowest BCUT2D eigenvalue weighted by atomic mass is 10.1. The van der Waals surface area contributed by atoms with E-state index >= 15 is 0 Å². The van der Waals surface area contributed by atoms with Crippen LogP contribution in [0.1, 0.15) is 17.8 Å². The number of nitrogens with one attached hydrogen (secondary N) is 2. The van der Waals surface area contributed by atoms with Crippen molar-refractivity contribution in [1.82, 2.24) is 20.2 Å². The van der Waals surface area contributed by atoms with Crippen molar-refractivity contribution >= 4 is 17.0 Å². The molecule has 0 saturated heterocycles. The van der Waals surface area contributed by atoms with E-state index in [-0.39, 0.29) is 0 Å². The van der Waals surface area contributed by atoms with E-state index < -0.39 is 0 Å². The van der Waals surface area contributed by atoms with Crippen molar-refractivity contribution < 1.29 is 0 Å². The summed E-state index contributed by atoms with van der Waals surface area (Å²) in [5.74, 6) is 1.92. The van der Waals surface area contributed by atoms with Gasteiger partial charge in [-0.15, -0.1) is 0 Å². The summed E-state index contributed by atoms with van der Waals surface area (Å²) in [7, 11) is 1.81. The van der Waals surface area contributed by atoms with Crippen molar-refractivity contribution in [2.45, 2.75) is 26.3 Å². The molecular weight excluding hydrogens is 322 g/mol. The van der Waals surface area contributed by atoms with Crippen LogP contribution >= 0.6 is 0 Å². The van der Waals surface area contributed by atoms with E-state index in [1.165, 1.54) is 11.1 Å². The Morgan fingerprint density at radius 1 is 1.00 bits per heavy atom. The number of aryl methyl sites for hydroxylation is 2. The van der Waals surface area contributed by atoms with E-state index in [9.17, 15) is 0 Å². The van der Waals surface area contributed by atoms with Crippen LogP contribution in [-0.2, 0) is 13.0 Å². The predicted molar refractivity (Wildman–Crippen MR) is 109 cm³/mol. The Labute approximate surface area is 155 Å². The molecule has 0 bridgehead atoms. The Bertz CT molecular complexity index is 851. The second-order valence-corrected chi connectivity index (χ2v) is 6.31. The van der Waals surface area contributed by atoms with Gasteiger partial charge >= 0.3 is 0 Å². The summed E-state index contributed by atoms with van der Waals surface area (Å²) < 4.78 is 2.28. The molecule has 0 aliphatic rings. The molecule has 2 N–H and O–H groups in total. The zero-order valence-electron chi connectivity index (χ0n) is 15.6. The number of fused-ring (bicyclic) bond motifs is 1. The third kappa shape index (κ3) is 4.63. The molecule has 0 spiro atoms. The maximum atomic E-state index is 4.62. The van der Waals surface area contributed by atoms with Crippen LogP contribution in [0.4, 0.5) is 0 Å². The molecule has 1 heterocycles. The first-order valence-corrected chi connectivity index (χ1v) is 9.18. The summed E-state index contributed by atoms with van der Waals surface area (Å²) in [6.07, 6.45) is 2.00. The van der Waals surface area contributed by atoms with Gasteiger partial charge in [0.1, 0.15) is 5.82 Å². The normalized spacial score (nSPS) is 11.7. The van der Waals surface area contributed by atoms with Crippen molar-refractivity contribution in [1.29, 1.82) is 0 Å². The van der Waals surface area contributed by atoms with Gasteiger partial charge in [0.2, 0.25) is 0 Å². The molecule has 1 aromatic heterocycles. The minimum Gasteiger partial charge on any atom is -0.356 e. The molecule has 0 saturated carbocycles. The topological polar surface area (TPSA) is 54.2 Å². The SMILES string of the molecule is CN=C(NCCCn1c(C)nc2ccccc21)NCCc1ccccc1. The number of aromatic nitrogens is 2. The highest BCUT2D eigenvalue weighted by atomic mass is 15.2. The van der Waals surface area contributed by atoms with Gasteiger partial charge in [0.25, 0.3) is 0 Å². The number of para-hydroxylation sites is 2. The van der Waals surface area contributed by atoms with Crippen LogP contribution < -0.4 is 10.6 Å². The fraction of sp³-hybridized carbons (Fsp3) is 0.333. The molecule has 0 radical (unpaired) electrons. The fourth-order valence-electron chi connectivity index (χ4n) is 3.11. The van der Waals surface area contributed by atoms with Crippen molar-refractivity contribution in [2.75, 3.05) is 20.1 Å². The molecule has 26 heavy (non-hydrogen) atoms. The van der Waals surface area contributed by atoms with Crippen molar-refractivity contribution in [3.63, 3.8) is 0 Å². The number of imidazole rings is 1. The molecule has 0 atom stereocenters. The molecule has 2 aromatic carbocycles. The summed E-state index contributed by atoms with van der Waals surface area (Å²) in [5, 5.41) is 6.76. The van der Waals surface area contributed by atoms with Crippen LogP contribution in [0.3, 0.4) is 0 Å². The van der Waals surface area contributed by atoms with E-state index in [1.807, 2.05) is 19.2 Å². The van der Waals surface area contributed by atoms with E-state index in [0.717, 1.165) is 49.8 Å². The first-order chi connectivity index (χ1) is 12.8. The zero-order valence-corrected chi connectivity index (χ0v) is 15.6. The number of nitrogens with zero attached hydrogens (tertiary/aromatic N) is 3. The molecular formula is C21H27N5. The summed E-state index contributed by atoms with van der Waals surface area (Å²) in [6, 6.07) is 18.8. The molecule has 5 heteroatoms. The van der Waals surface area contributed by atoms with Gasteiger partial charge < -0.3 is 15.2 Å². The van der Waals surface area contributed by atoms with E-state index in [1.54, 1.807) is 0 Å². The average molecular weight is 349 g/mol. The largest absolute Gasteiger partial charge is 0.356 e. The molecule has 0 aliphatic carbocycles. The second-order valence-electron chi connectivity index (χ2n) is 6.31. The summed E-state index contributed by atoms with van der Waals surface area (Å²) in [5.41, 5.74) is 3.60. The maximum Gasteiger partial charge on any atom is 0.190 e. The van der Waals surface area contributed by atoms with Crippen LogP contribution in [-0.4, -0.2) is 35.6 Å². The smallest absolute Gasteiger partial charge is 0.190 e. The predicted octanol–water partition coefficient (Wildman–Crippen LogP) is 3.14. The number of guanidine groups is 1. The highest BCUT2D eigenvalue weighted by Crippen LogP contribution is 2.15. The van der Waals surface area contributed by atoms with E-state index in [2.05, 4.69) is 74.6 Å². The van der Waals surface area contributed by atoms with Gasteiger partial charge in [-0.1, -0.05) is 42.5 Å². The van der Waals surface area contributed by atoms with Gasteiger partial charge in [0.05, 0.1) is 11.0 Å². The minimum absolute atomic E-state index is 0.855. The molecule has 0 amide bonds. The lowest BCUT2D eigenvalue weighted by Gasteiger charge is -2.12. The third-order valence-corrected chi connectivity index (χ3v) is 4.47. The van der Waals surface area contributed by atoms with Crippen LogP contribution in [0.2, 0.25) is 0 Å². The lowest BCUT2D eigenvalue weighted by Crippen LogP contribution is -2.39. The standard InChI is InChI=1S/C21H27N5/c1-17-25-19-11-6-7-12-20(19)26(17)16-8-14-23-21(22-2)24-15-13-18-9-4-3-5-10-18/h3-7,9-12H,8,13-16H2,1-2H3,(H2,22,23,24). The van der Waals surface area contributed by atoms with Gasteiger partial charge in [0, 0.05) is 26.7 Å². The Hall–Kier alpha value is -2.82. The highest BCUT2D eigenvalue weighted by molar-refractivity contribution is 5.79. The zero-order chi connectivity index (χ0) is 18.2. The molecule has 0 aliphatic heterocycles. The summed E-state index contributed by atoms with van der Waals surface area (Å²) in [6.45, 7) is 4.75. The lowest BCUT2D eigenvalue weighted by molar-refractivity contribution is 0.624. The first-order valence-electron chi connectivity index (χ1n) is 9.18. The van der Waals surface area contributed by atoms with Crippen molar-refractivity contribution in [3.05, 3.63) is 66.0 Å². The number of rotatable bonds is 7. The number of aliphatic imine (C=N–C) groups is 1. The quantitative estimate of drug-likeness (QED) is 0.391. The third-order valence-electron chi connectivity index (χ3n) is 4.47. The summed E-state index contributed by atoms with van der Waals surface area (Å²) in [4.78, 5) is 8.92. The van der Waals surface area contributed by atoms with Gasteiger partial charge in [-0.3, -0.25) is 4.99 Å². The maximum absolute atomic E-state index is 4.62. The van der Waals surface area contributed by atoms with Gasteiger partial charge in [0.15, 0.2) is 5.96 Å². The molecule has 0 unspecified atom stereocenters. The minimum atomic E-state index is 0.855. The Balaban J connectivity index is 1.42.